The van der Waals surface area contributed by atoms with Crippen molar-refractivity contribution in [2.45, 2.75) is 87.9 Å². The molecule has 4 aliphatic rings. The number of nitrogens with zero attached hydrogens (tertiary/aromatic N) is 2. The highest BCUT2D eigenvalue weighted by Gasteiger charge is 2.41. The number of carbonyl (C=O) groups excluding carboxylic acids is 1. The van der Waals surface area contributed by atoms with Gasteiger partial charge in [-0.25, -0.2) is 0 Å². The van der Waals surface area contributed by atoms with Gasteiger partial charge in [-0.05, 0) is 70.4 Å². The van der Waals surface area contributed by atoms with Crippen molar-refractivity contribution in [3.8, 4) is 5.75 Å². The second-order valence-electron chi connectivity index (χ2n) is 9.18. The van der Waals surface area contributed by atoms with Crippen LogP contribution in [0.3, 0.4) is 0 Å². The van der Waals surface area contributed by atoms with Gasteiger partial charge < -0.3 is 20.3 Å². The van der Waals surface area contributed by atoms with E-state index in [1.165, 1.54) is 19.3 Å². The first-order valence-electron chi connectivity index (χ1n) is 10.8. The van der Waals surface area contributed by atoms with Gasteiger partial charge in [0.05, 0.1) is 22.5 Å². The van der Waals surface area contributed by atoms with Crippen LogP contribution in [0.15, 0.2) is 6.07 Å². The molecule has 1 aromatic rings. The first-order valence-corrected chi connectivity index (χ1v) is 11.2. The van der Waals surface area contributed by atoms with Crippen molar-refractivity contribution in [2.24, 2.45) is 0 Å². The van der Waals surface area contributed by atoms with Crippen molar-refractivity contribution in [1.82, 2.24) is 4.90 Å². The summed E-state index contributed by atoms with van der Waals surface area (Å²) in [5, 5.41) is 0.543. The van der Waals surface area contributed by atoms with E-state index in [1.807, 2.05) is 11.0 Å². The summed E-state index contributed by atoms with van der Waals surface area (Å²) in [6.45, 7) is 0. The molecule has 6 heteroatoms. The first kappa shape index (κ1) is 18.6. The van der Waals surface area contributed by atoms with E-state index < -0.39 is 0 Å². The molecule has 1 saturated carbocycles. The molecule has 1 aliphatic carbocycles. The second-order valence-corrected chi connectivity index (χ2v) is 9.59. The molecule has 152 valence electrons. The first-order chi connectivity index (χ1) is 13.6. The highest BCUT2D eigenvalue weighted by Crippen LogP contribution is 2.53. The molecule has 2 N–H and O–H groups in total. The predicted octanol–water partition coefficient (Wildman–Crippen LogP) is 4.32. The SMILES string of the molecule is CN1C2CCCC1CC(N(C=O)c1cc(Cl)c(N)c3c1OC1CCCC3C1)C2. The van der Waals surface area contributed by atoms with Crippen LogP contribution in [0.25, 0.3) is 0 Å². The van der Waals surface area contributed by atoms with Crippen molar-refractivity contribution in [1.29, 1.82) is 0 Å². The zero-order valence-electron chi connectivity index (χ0n) is 16.6. The van der Waals surface area contributed by atoms with Crippen LogP contribution >= 0.6 is 11.6 Å². The van der Waals surface area contributed by atoms with E-state index in [0.717, 1.165) is 61.9 Å². The lowest BCUT2D eigenvalue weighted by Gasteiger charge is -2.49. The Balaban J connectivity index is 1.55. The standard InChI is InChI=1S/C22H30ClN3O2/c1-25-14-5-3-6-15(25)10-16(9-14)26(12-27)19-11-18(23)21(24)20-13-4-2-7-17(8-13)28-22(19)20/h11-17H,2-10,24H2,1H3. The zero-order valence-corrected chi connectivity index (χ0v) is 17.3. The van der Waals surface area contributed by atoms with E-state index in [9.17, 15) is 4.79 Å². The number of hydrogen-bond acceptors (Lipinski definition) is 4. The van der Waals surface area contributed by atoms with Gasteiger partial charge in [0, 0.05) is 23.7 Å². The third-order valence-electron chi connectivity index (χ3n) is 7.71. The Morgan fingerprint density at radius 1 is 1.18 bits per heavy atom. The molecule has 1 aromatic carbocycles. The van der Waals surface area contributed by atoms with Crippen LogP contribution in [-0.4, -0.2) is 42.6 Å². The van der Waals surface area contributed by atoms with Gasteiger partial charge in [-0.15, -0.1) is 0 Å². The van der Waals surface area contributed by atoms with Crippen molar-refractivity contribution in [3.63, 3.8) is 0 Å². The summed E-state index contributed by atoms with van der Waals surface area (Å²) in [4.78, 5) is 16.7. The number of anilines is 2. The smallest absolute Gasteiger partial charge is 0.214 e. The lowest BCUT2D eigenvalue weighted by molar-refractivity contribution is -0.108. The fourth-order valence-corrected chi connectivity index (χ4v) is 6.41. The van der Waals surface area contributed by atoms with Crippen LogP contribution in [0, 0.1) is 0 Å². The number of piperidine rings is 2. The lowest BCUT2D eigenvalue weighted by atomic mass is 9.78. The maximum absolute atomic E-state index is 12.3. The molecule has 4 bridgehead atoms. The van der Waals surface area contributed by atoms with Crippen molar-refractivity contribution >= 4 is 29.4 Å². The van der Waals surface area contributed by atoms with Crippen LogP contribution in [0.4, 0.5) is 11.4 Å². The number of halogens is 1. The quantitative estimate of drug-likeness (QED) is 0.603. The maximum Gasteiger partial charge on any atom is 0.214 e. The molecule has 2 saturated heterocycles. The fourth-order valence-electron chi connectivity index (χ4n) is 6.21. The van der Waals surface area contributed by atoms with Gasteiger partial charge in [0.1, 0.15) is 5.75 Å². The third kappa shape index (κ3) is 2.89. The number of hydrogen-bond donors (Lipinski definition) is 1. The second kappa shape index (κ2) is 7.10. The number of fused-ring (bicyclic) bond motifs is 6. The van der Waals surface area contributed by atoms with Crippen molar-refractivity contribution < 1.29 is 9.53 Å². The Bertz CT molecular complexity index is 772. The molecule has 5 nitrogen and oxygen atoms in total. The predicted molar refractivity (Wildman–Crippen MR) is 112 cm³/mol. The Hall–Kier alpha value is -1.46. The van der Waals surface area contributed by atoms with Gasteiger partial charge in [-0.2, -0.15) is 0 Å². The van der Waals surface area contributed by atoms with Gasteiger partial charge in [0.25, 0.3) is 0 Å². The maximum atomic E-state index is 12.3. The number of rotatable bonds is 3. The van der Waals surface area contributed by atoms with Gasteiger partial charge in [-0.1, -0.05) is 18.0 Å². The van der Waals surface area contributed by atoms with Crippen LogP contribution in [-0.2, 0) is 4.79 Å². The minimum atomic E-state index is 0.193. The molecule has 3 aliphatic heterocycles. The largest absolute Gasteiger partial charge is 0.488 e. The molecular formula is C22H30ClN3O2. The normalized spacial score (nSPS) is 34.3. The molecule has 28 heavy (non-hydrogen) atoms. The monoisotopic (exact) mass is 403 g/mol. The molecule has 4 unspecified atom stereocenters. The van der Waals surface area contributed by atoms with E-state index in [4.69, 9.17) is 22.1 Å². The van der Waals surface area contributed by atoms with E-state index in [2.05, 4.69) is 11.9 Å². The van der Waals surface area contributed by atoms with Crippen LogP contribution < -0.4 is 15.4 Å². The highest BCUT2D eigenvalue weighted by atomic mass is 35.5. The lowest BCUT2D eigenvalue weighted by Crippen LogP contribution is -2.55. The molecule has 3 heterocycles. The summed E-state index contributed by atoms with van der Waals surface area (Å²) in [6, 6.07) is 3.16. The average Bonchev–Trinajstić information content (AvgIpc) is 2.66. The summed E-state index contributed by atoms with van der Waals surface area (Å²) in [5.41, 5.74) is 8.90. The van der Waals surface area contributed by atoms with Gasteiger partial charge in [-0.3, -0.25) is 4.79 Å². The number of ether oxygens (including phenoxy) is 1. The van der Waals surface area contributed by atoms with Crippen LogP contribution in [0.5, 0.6) is 5.75 Å². The third-order valence-corrected chi connectivity index (χ3v) is 8.02. The molecule has 1 amide bonds. The molecule has 0 aromatic heterocycles. The van der Waals surface area contributed by atoms with Gasteiger partial charge >= 0.3 is 0 Å². The summed E-state index contributed by atoms with van der Waals surface area (Å²) in [7, 11) is 2.24. The Kier molecular flexibility index (Phi) is 4.71. The molecule has 0 radical (unpaired) electrons. The number of amides is 1. The summed E-state index contributed by atoms with van der Waals surface area (Å²) in [5.74, 6) is 1.21. The molecule has 4 atom stereocenters. The van der Waals surface area contributed by atoms with Crippen molar-refractivity contribution in [2.75, 3.05) is 17.7 Å². The number of benzene rings is 1. The minimum Gasteiger partial charge on any atom is -0.488 e. The summed E-state index contributed by atoms with van der Waals surface area (Å²) < 4.78 is 6.41. The zero-order chi connectivity index (χ0) is 19.4. The molecule has 3 fully saturated rings. The van der Waals surface area contributed by atoms with E-state index in [1.54, 1.807) is 0 Å². The van der Waals surface area contributed by atoms with E-state index in [-0.39, 0.29) is 12.1 Å². The Morgan fingerprint density at radius 3 is 2.61 bits per heavy atom. The van der Waals surface area contributed by atoms with Gasteiger partial charge in [0.2, 0.25) is 6.41 Å². The molecule has 0 spiro atoms. The summed E-state index contributed by atoms with van der Waals surface area (Å²) in [6.07, 6.45) is 11.3. The fraction of sp³-hybridized carbons (Fsp3) is 0.682. The van der Waals surface area contributed by atoms with Crippen LogP contribution in [0.2, 0.25) is 5.02 Å². The number of nitrogen functional groups attached to an aromatic ring is 1. The van der Waals surface area contributed by atoms with E-state index in [0.29, 0.717) is 28.7 Å². The van der Waals surface area contributed by atoms with Crippen molar-refractivity contribution in [3.05, 3.63) is 16.7 Å². The topological polar surface area (TPSA) is 58.8 Å². The average molecular weight is 404 g/mol. The highest BCUT2D eigenvalue weighted by molar-refractivity contribution is 6.33. The molecule has 5 rings (SSSR count). The Morgan fingerprint density at radius 2 is 1.89 bits per heavy atom. The Labute approximate surface area is 172 Å². The van der Waals surface area contributed by atoms with Crippen LogP contribution in [0.1, 0.15) is 69.3 Å². The van der Waals surface area contributed by atoms with E-state index >= 15 is 0 Å². The summed E-state index contributed by atoms with van der Waals surface area (Å²) >= 11 is 6.56. The molecular weight excluding hydrogens is 374 g/mol. The number of carbonyl (C=O) groups is 1. The van der Waals surface area contributed by atoms with Gasteiger partial charge in [0.15, 0.2) is 0 Å². The number of nitrogens with two attached hydrogens (primary N) is 1. The minimum absolute atomic E-state index is 0.193.